The minimum atomic E-state index is -0.353. The number of unbranched alkanes of at least 4 members (excludes halogenated alkanes) is 5. The fourth-order valence-corrected chi connectivity index (χ4v) is 4.19. The summed E-state index contributed by atoms with van der Waals surface area (Å²) < 4.78 is 19.0. The highest BCUT2D eigenvalue weighted by atomic mass is 16.6. The lowest BCUT2D eigenvalue weighted by atomic mass is 10.1. The molecule has 3 heterocycles. The van der Waals surface area contributed by atoms with E-state index >= 15 is 0 Å². The lowest BCUT2D eigenvalue weighted by Crippen LogP contribution is -2.34. The third-order valence-corrected chi connectivity index (χ3v) is 6.26. The second kappa shape index (κ2) is 14.7. The molecule has 0 N–H and O–H groups in total. The summed E-state index contributed by atoms with van der Waals surface area (Å²) in [7, 11) is 0. The molecule has 192 valence electrons. The van der Waals surface area contributed by atoms with E-state index in [2.05, 4.69) is 48.4 Å². The number of allylic oxidation sites excluding steroid dienone is 6. The van der Waals surface area contributed by atoms with E-state index in [9.17, 15) is 9.59 Å². The van der Waals surface area contributed by atoms with Crippen LogP contribution in [0.15, 0.2) is 47.4 Å². The molecule has 0 radical (unpaired) electrons. The zero-order chi connectivity index (χ0) is 24.9. The second-order valence-electron chi connectivity index (χ2n) is 9.25. The van der Waals surface area contributed by atoms with Crippen LogP contribution in [0.5, 0.6) is 6.01 Å². The number of nitrogens with zero attached hydrogens (tertiary/aromatic N) is 2. The zero-order valence-corrected chi connectivity index (χ0v) is 21.2. The van der Waals surface area contributed by atoms with Crippen LogP contribution in [-0.4, -0.2) is 34.3 Å². The number of rotatable bonds is 15. The van der Waals surface area contributed by atoms with Gasteiger partial charge in [0.1, 0.15) is 25.0 Å². The molecule has 1 fully saturated rings. The molecule has 3 atom stereocenters. The van der Waals surface area contributed by atoms with Gasteiger partial charge in [-0.3, -0.25) is 14.2 Å². The van der Waals surface area contributed by atoms with Crippen molar-refractivity contribution in [3.8, 4) is 6.01 Å². The largest absolute Gasteiger partial charge is 0.463 e. The molecule has 1 aromatic rings. The summed E-state index contributed by atoms with van der Waals surface area (Å²) in [6, 6.07) is 0.272. The molecule has 2 aliphatic heterocycles. The number of esters is 1. The number of aryl methyl sites for hydroxylation is 1. The Labute approximate surface area is 208 Å². The number of carbonyl (C=O) groups is 1. The van der Waals surface area contributed by atoms with Crippen molar-refractivity contribution in [2.45, 2.75) is 103 Å². The van der Waals surface area contributed by atoms with Gasteiger partial charge < -0.3 is 14.2 Å². The van der Waals surface area contributed by atoms with E-state index in [0.717, 1.165) is 32.1 Å². The number of fused-ring (bicyclic) bond motifs is 4. The lowest BCUT2D eigenvalue weighted by Gasteiger charge is -2.23. The Morgan fingerprint density at radius 2 is 1.77 bits per heavy atom. The third-order valence-electron chi connectivity index (χ3n) is 6.26. The van der Waals surface area contributed by atoms with Crippen molar-refractivity contribution in [3.05, 3.63) is 58.6 Å². The molecule has 0 amide bonds. The van der Waals surface area contributed by atoms with E-state index in [1.165, 1.54) is 25.7 Å². The maximum atomic E-state index is 12.1. The number of aromatic nitrogens is 2. The van der Waals surface area contributed by atoms with E-state index in [1.54, 1.807) is 17.7 Å². The summed E-state index contributed by atoms with van der Waals surface area (Å²) in [6.07, 6.45) is 24.9. The zero-order valence-electron chi connectivity index (χ0n) is 21.2. The van der Waals surface area contributed by atoms with Crippen molar-refractivity contribution >= 4 is 5.97 Å². The van der Waals surface area contributed by atoms with E-state index in [0.29, 0.717) is 18.4 Å². The summed E-state index contributed by atoms with van der Waals surface area (Å²) in [5.41, 5.74) is 0.245. The topological polar surface area (TPSA) is 79.7 Å². The maximum Gasteiger partial charge on any atom is 0.305 e. The Hall–Kier alpha value is -2.67. The Balaban J connectivity index is 1.21. The van der Waals surface area contributed by atoms with Gasteiger partial charge in [-0.05, 0) is 51.9 Å². The molecule has 2 bridgehead atoms. The van der Waals surface area contributed by atoms with Crippen LogP contribution >= 0.6 is 0 Å². The molecule has 0 aliphatic carbocycles. The van der Waals surface area contributed by atoms with Gasteiger partial charge in [0, 0.05) is 24.6 Å². The lowest BCUT2D eigenvalue weighted by molar-refractivity contribution is -0.149. The van der Waals surface area contributed by atoms with Gasteiger partial charge in [0.2, 0.25) is 0 Å². The molecule has 3 rings (SSSR count). The third kappa shape index (κ3) is 8.80. The van der Waals surface area contributed by atoms with Crippen molar-refractivity contribution in [1.29, 1.82) is 0 Å². The smallest absolute Gasteiger partial charge is 0.305 e. The predicted octanol–water partition coefficient (Wildman–Crippen LogP) is 5.73. The predicted molar refractivity (Wildman–Crippen MR) is 136 cm³/mol. The molecular weight excluding hydrogens is 444 g/mol. The number of hydrogen-bond donors (Lipinski definition) is 0. The fraction of sp³-hybridized carbons (Fsp3) is 0.607. The van der Waals surface area contributed by atoms with Crippen LogP contribution < -0.4 is 10.3 Å². The van der Waals surface area contributed by atoms with Crippen LogP contribution in [0.2, 0.25) is 0 Å². The summed E-state index contributed by atoms with van der Waals surface area (Å²) in [6.45, 7) is 4.09. The Kier molecular flexibility index (Phi) is 11.3. The van der Waals surface area contributed by atoms with E-state index in [4.69, 9.17) is 14.2 Å². The van der Waals surface area contributed by atoms with Gasteiger partial charge in [-0.2, -0.15) is 4.98 Å². The summed E-state index contributed by atoms with van der Waals surface area (Å²) in [4.78, 5) is 27.9. The first-order chi connectivity index (χ1) is 17.1. The highest BCUT2D eigenvalue weighted by Crippen LogP contribution is 2.37. The van der Waals surface area contributed by atoms with Crippen LogP contribution in [0.25, 0.3) is 0 Å². The molecule has 1 aromatic heterocycles. The van der Waals surface area contributed by atoms with Gasteiger partial charge in [-0.15, -0.1) is 0 Å². The van der Waals surface area contributed by atoms with E-state index in [1.807, 2.05) is 0 Å². The summed E-state index contributed by atoms with van der Waals surface area (Å²) >= 11 is 0. The number of ether oxygens (including phenoxy) is 3. The van der Waals surface area contributed by atoms with Crippen molar-refractivity contribution in [2.24, 2.45) is 0 Å². The first kappa shape index (κ1) is 26.9. The summed E-state index contributed by atoms with van der Waals surface area (Å²) in [5, 5.41) is 0. The van der Waals surface area contributed by atoms with Crippen LogP contribution in [0, 0.1) is 6.92 Å². The molecular formula is C28H40N2O5. The molecule has 1 saturated heterocycles. The van der Waals surface area contributed by atoms with Crippen molar-refractivity contribution in [3.63, 3.8) is 0 Å². The van der Waals surface area contributed by atoms with Gasteiger partial charge in [-0.1, -0.05) is 56.2 Å². The molecule has 0 aromatic carbocycles. The second-order valence-corrected chi connectivity index (χ2v) is 9.25. The van der Waals surface area contributed by atoms with Gasteiger partial charge >= 0.3 is 12.0 Å². The van der Waals surface area contributed by atoms with Crippen molar-refractivity contribution in [1.82, 2.24) is 9.55 Å². The Morgan fingerprint density at radius 1 is 1.09 bits per heavy atom. The molecule has 0 spiro atoms. The van der Waals surface area contributed by atoms with Gasteiger partial charge in [0.15, 0.2) is 0 Å². The standard InChI is InChI=1S/C28H40N2O5/c1-3-4-5-6-7-8-9-10-11-12-13-14-15-16-17-18-26(31)33-21-24-23-19-25(34-24)30-20-22(2)27(32)29-28(30)35-23/h7-8,10-11,13-14,20,23-25H,3-6,9,12,15-19,21H2,1-2H3/b8-7-,11-10-,14-13-. The first-order valence-corrected chi connectivity index (χ1v) is 13.1. The van der Waals surface area contributed by atoms with Crippen LogP contribution in [-0.2, 0) is 14.3 Å². The molecule has 0 saturated carbocycles. The molecule has 7 heteroatoms. The monoisotopic (exact) mass is 484 g/mol. The van der Waals surface area contributed by atoms with Crippen LogP contribution in [0.4, 0.5) is 0 Å². The van der Waals surface area contributed by atoms with Gasteiger partial charge in [-0.25, -0.2) is 0 Å². The summed E-state index contributed by atoms with van der Waals surface area (Å²) in [5.74, 6) is -0.217. The highest BCUT2D eigenvalue weighted by Gasteiger charge is 2.43. The normalized spacial score (nSPS) is 21.1. The van der Waals surface area contributed by atoms with Crippen molar-refractivity contribution < 1.29 is 19.0 Å². The van der Waals surface area contributed by atoms with Crippen LogP contribution in [0.1, 0.15) is 89.3 Å². The Bertz CT molecular complexity index is 949. The SMILES string of the molecule is CCCCC/C=C\C/C=C\C/C=C\CCCCC(=O)OCC1OC2CC1Oc1nc(=O)c(C)cn12. The average molecular weight is 485 g/mol. The molecule has 2 aliphatic rings. The quantitative estimate of drug-likeness (QED) is 0.180. The van der Waals surface area contributed by atoms with E-state index < -0.39 is 0 Å². The molecule has 3 unspecified atom stereocenters. The fourth-order valence-electron chi connectivity index (χ4n) is 4.19. The van der Waals surface area contributed by atoms with Gasteiger partial charge in [0.05, 0.1) is 0 Å². The minimum absolute atomic E-state index is 0.151. The van der Waals surface area contributed by atoms with Crippen LogP contribution in [0.3, 0.4) is 0 Å². The number of carbonyl (C=O) groups excluding carboxylic acids is 1. The van der Waals surface area contributed by atoms with E-state index in [-0.39, 0.29) is 42.6 Å². The minimum Gasteiger partial charge on any atom is -0.463 e. The number of hydrogen-bond acceptors (Lipinski definition) is 6. The molecule has 7 nitrogen and oxygen atoms in total. The average Bonchev–Trinajstić information content (AvgIpc) is 3.18. The first-order valence-electron chi connectivity index (χ1n) is 13.1. The molecule has 35 heavy (non-hydrogen) atoms. The Morgan fingerprint density at radius 3 is 2.49 bits per heavy atom. The highest BCUT2D eigenvalue weighted by molar-refractivity contribution is 5.69. The van der Waals surface area contributed by atoms with Gasteiger partial charge in [0.25, 0.3) is 5.56 Å². The van der Waals surface area contributed by atoms with Crippen molar-refractivity contribution in [2.75, 3.05) is 6.61 Å². The maximum absolute atomic E-state index is 12.1.